The van der Waals surface area contributed by atoms with Gasteiger partial charge >= 0.3 is 5.97 Å². The first-order valence-electron chi connectivity index (χ1n) is 9.58. The fourth-order valence-corrected chi connectivity index (χ4v) is 7.40. The lowest BCUT2D eigenvalue weighted by Gasteiger charge is -2.56. The number of hydrogen-bond acceptors (Lipinski definition) is 5. The Hall–Kier alpha value is -1.01. The highest BCUT2D eigenvalue weighted by Crippen LogP contribution is 2.69. The van der Waals surface area contributed by atoms with E-state index in [0.717, 1.165) is 25.7 Å². The number of epoxide rings is 1. The Morgan fingerprint density at radius 1 is 1.23 bits per heavy atom. The standard InChI is InChI=1S/C20H23BrO5/c1-10(22)25-20-9-14(21)16(24)17-19(20,26-17)8-5-11-12-3-4-15(23)18(12,2)7-6-13(11)20/h9,11-13,17H,3-8H2,1-2H3/t11-,12-,13-,17-,18-,19-,20-/m0/s1. The number of esters is 1. The van der Waals surface area contributed by atoms with Crippen molar-refractivity contribution in [1.82, 2.24) is 0 Å². The van der Waals surface area contributed by atoms with Crippen LogP contribution in [-0.4, -0.2) is 34.8 Å². The van der Waals surface area contributed by atoms with Gasteiger partial charge in [0.1, 0.15) is 11.4 Å². The van der Waals surface area contributed by atoms with Crippen molar-refractivity contribution in [3.05, 3.63) is 10.6 Å². The van der Waals surface area contributed by atoms with E-state index in [1.54, 1.807) is 0 Å². The van der Waals surface area contributed by atoms with Crippen molar-refractivity contribution in [2.75, 3.05) is 0 Å². The minimum absolute atomic E-state index is 0.0529. The van der Waals surface area contributed by atoms with E-state index in [9.17, 15) is 14.4 Å². The smallest absolute Gasteiger partial charge is 0.303 e. The molecule has 5 aliphatic rings. The largest absolute Gasteiger partial charge is 0.451 e. The highest BCUT2D eigenvalue weighted by Gasteiger charge is 2.80. The molecule has 5 rings (SSSR count). The summed E-state index contributed by atoms with van der Waals surface area (Å²) < 4.78 is 12.5. The number of ketones is 2. The first kappa shape index (κ1) is 17.1. The minimum Gasteiger partial charge on any atom is -0.451 e. The molecule has 0 N–H and O–H groups in total. The topological polar surface area (TPSA) is 73.0 Å². The Labute approximate surface area is 161 Å². The van der Waals surface area contributed by atoms with Crippen LogP contribution in [0.4, 0.5) is 0 Å². The number of halogens is 1. The van der Waals surface area contributed by atoms with Crippen LogP contribution in [0.1, 0.15) is 52.4 Å². The number of fused-ring (bicyclic) bond motifs is 4. The molecule has 26 heavy (non-hydrogen) atoms. The first-order chi connectivity index (χ1) is 12.3. The van der Waals surface area contributed by atoms with Gasteiger partial charge in [0, 0.05) is 24.7 Å². The van der Waals surface area contributed by atoms with Gasteiger partial charge in [-0.3, -0.25) is 14.4 Å². The van der Waals surface area contributed by atoms with Crippen molar-refractivity contribution in [1.29, 1.82) is 0 Å². The first-order valence-corrected chi connectivity index (χ1v) is 10.4. The second-order valence-electron chi connectivity index (χ2n) is 8.96. The fraction of sp³-hybridized carbons (Fsp3) is 0.750. The normalized spacial score (nSPS) is 51.6. The van der Waals surface area contributed by atoms with Crippen molar-refractivity contribution in [3.8, 4) is 0 Å². The SMILES string of the molecule is CC(=O)O[C@]12C=C(Br)C(=O)[C@@H]3O[C@@]31CC[C@@H]1[C@@H]2CC[C@]2(C)C(=O)CC[C@@H]12. The summed E-state index contributed by atoms with van der Waals surface area (Å²) >= 11 is 3.38. The Morgan fingerprint density at radius 2 is 2.00 bits per heavy atom. The molecule has 1 spiro atoms. The molecule has 0 radical (unpaired) electrons. The summed E-state index contributed by atoms with van der Waals surface area (Å²) in [6.07, 6.45) is 6.16. The Morgan fingerprint density at radius 3 is 2.73 bits per heavy atom. The van der Waals surface area contributed by atoms with Gasteiger partial charge in [0.15, 0.2) is 11.7 Å². The zero-order valence-corrected chi connectivity index (χ0v) is 16.6. The third-order valence-electron chi connectivity index (χ3n) is 8.03. The molecule has 140 valence electrons. The van der Waals surface area contributed by atoms with Crippen molar-refractivity contribution < 1.29 is 23.9 Å². The molecule has 1 saturated heterocycles. The van der Waals surface area contributed by atoms with Crippen LogP contribution in [0, 0.1) is 23.2 Å². The summed E-state index contributed by atoms with van der Waals surface area (Å²) in [4.78, 5) is 37.1. The third-order valence-corrected chi connectivity index (χ3v) is 8.65. The summed E-state index contributed by atoms with van der Waals surface area (Å²) in [6.45, 7) is 3.55. The molecule has 0 aromatic carbocycles. The monoisotopic (exact) mass is 422 g/mol. The second kappa shape index (κ2) is 5.07. The van der Waals surface area contributed by atoms with Crippen LogP contribution in [0.3, 0.4) is 0 Å². The van der Waals surface area contributed by atoms with E-state index in [1.807, 2.05) is 6.08 Å². The van der Waals surface area contributed by atoms with Gasteiger partial charge < -0.3 is 9.47 Å². The van der Waals surface area contributed by atoms with E-state index in [-0.39, 0.29) is 23.1 Å². The zero-order chi connectivity index (χ0) is 18.5. The fourth-order valence-electron chi connectivity index (χ4n) is 6.86. The van der Waals surface area contributed by atoms with Crippen LogP contribution >= 0.6 is 15.9 Å². The molecular formula is C20H23BrO5. The van der Waals surface area contributed by atoms with Gasteiger partial charge in [-0.15, -0.1) is 0 Å². The van der Waals surface area contributed by atoms with Gasteiger partial charge in [-0.1, -0.05) is 6.92 Å². The number of carbonyl (C=O) groups excluding carboxylic acids is 3. The summed E-state index contributed by atoms with van der Waals surface area (Å²) in [7, 11) is 0. The van der Waals surface area contributed by atoms with Crippen LogP contribution < -0.4 is 0 Å². The maximum Gasteiger partial charge on any atom is 0.303 e. The van der Waals surface area contributed by atoms with Gasteiger partial charge in [0.05, 0.1) is 4.48 Å². The third kappa shape index (κ3) is 1.83. The van der Waals surface area contributed by atoms with Crippen molar-refractivity contribution in [3.63, 3.8) is 0 Å². The molecule has 4 fully saturated rings. The lowest BCUT2D eigenvalue weighted by Crippen LogP contribution is -2.64. The van der Waals surface area contributed by atoms with E-state index < -0.39 is 17.3 Å². The minimum atomic E-state index is -0.897. The summed E-state index contributed by atoms with van der Waals surface area (Å²) in [5.41, 5.74) is -1.84. The van der Waals surface area contributed by atoms with Crippen molar-refractivity contribution in [2.24, 2.45) is 23.2 Å². The Kier molecular flexibility index (Phi) is 3.34. The second-order valence-corrected chi connectivity index (χ2v) is 9.82. The van der Waals surface area contributed by atoms with Crippen LogP contribution in [0.2, 0.25) is 0 Å². The lowest BCUT2D eigenvalue weighted by atomic mass is 9.49. The van der Waals surface area contributed by atoms with Crippen molar-refractivity contribution >= 4 is 33.5 Å². The van der Waals surface area contributed by atoms with E-state index in [4.69, 9.17) is 9.47 Å². The summed E-state index contributed by atoms with van der Waals surface area (Å²) in [5.74, 6) is 0.734. The van der Waals surface area contributed by atoms with Crippen LogP contribution in [-0.2, 0) is 23.9 Å². The number of rotatable bonds is 1. The molecule has 0 bridgehead atoms. The van der Waals surface area contributed by atoms with Crippen molar-refractivity contribution in [2.45, 2.75) is 69.7 Å². The van der Waals surface area contributed by atoms with E-state index in [0.29, 0.717) is 34.9 Å². The van der Waals surface area contributed by atoms with Crippen LogP contribution in [0.25, 0.3) is 0 Å². The average molecular weight is 423 g/mol. The molecule has 3 saturated carbocycles. The highest BCUT2D eigenvalue weighted by atomic mass is 79.9. The number of carbonyl (C=O) groups is 3. The number of Topliss-reactive ketones (excluding diaryl/α,β-unsaturated/α-hetero) is 2. The summed E-state index contributed by atoms with van der Waals surface area (Å²) in [5, 5.41) is 0. The highest BCUT2D eigenvalue weighted by molar-refractivity contribution is 9.12. The quantitative estimate of drug-likeness (QED) is 0.479. The maximum absolute atomic E-state index is 12.5. The molecule has 7 atom stereocenters. The lowest BCUT2D eigenvalue weighted by molar-refractivity contribution is -0.188. The van der Waals surface area contributed by atoms with Gasteiger partial charge in [-0.05, 0) is 65.9 Å². The summed E-state index contributed by atoms with van der Waals surface area (Å²) in [6, 6.07) is 0. The average Bonchev–Trinajstić information content (AvgIpc) is 3.24. The molecule has 4 aliphatic carbocycles. The molecular weight excluding hydrogens is 400 g/mol. The van der Waals surface area contributed by atoms with Gasteiger partial charge in [-0.2, -0.15) is 0 Å². The van der Waals surface area contributed by atoms with Crippen LogP contribution in [0.15, 0.2) is 10.6 Å². The van der Waals surface area contributed by atoms with Crippen LogP contribution in [0.5, 0.6) is 0 Å². The number of hydrogen-bond donors (Lipinski definition) is 0. The Bertz CT molecular complexity index is 774. The van der Waals surface area contributed by atoms with Gasteiger partial charge in [0.2, 0.25) is 5.78 Å². The molecule has 6 heteroatoms. The molecule has 1 aliphatic heterocycles. The van der Waals surface area contributed by atoms with E-state index in [1.165, 1.54) is 6.92 Å². The predicted molar refractivity (Wildman–Crippen MR) is 95.4 cm³/mol. The number of ether oxygens (including phenoxy) is 2. The molecule has 0 unspecified atom stereocenters. The molecule has 0 aromatic heterocycles. The molecule has 1 heterocycles. The van der Waals surface area contributed by atoms with E-state index >= 15 is 0 Å². The van der Waals surface area contributed by atoms with E-state index in [2.05, 4.69) is 22.9 Å². The predicted octanol–water partition coefficient (Wildman–Crippen LogP) is 3.09. The molecule has 0 aromatic rings. The van der Waals surface area contributed by atoms with Gasteiger partial charge in [-0.25, -0.2) is 0 Å². The Balaban J connectivity index is 1.62. The zero-order valence-electron chi connectivity index (χ0n) is 15.0. The molecule has 0 amide bonds. The molecule has 5 nitrogen and oxygen atoms in total. The maximum atomic E-state index is 12.5. The van der Waals surface area contributed by atoms with Gasteiger partial charge in [0.25, 0.3) is 0 Å².